The largest absolute Gasteiger partial charge is 0.476 e. The molecule has 3 aromatic rings. The van der Waals surface area contributed by atoms with Crippen molar-refractivity contribution < 1.29 is 27.1 Å². The molecule has 0 saturated heterocycles. The van der Waals surface area contributed by atoms with Crippen molar-refractivity contribution >= 4 is 28.6 Å². The van der Waals surface area contributed by atoms with Gasteiger partial charge in [0, 0.05) is 55.8 Å². The van der Waals surface area contributed by atoms with E-state index in [1.807, 2.05) is 13.1 Å². The summed E-state index contributed by atoms with van der Waals surface area (Å²) in [7, 11) is 5.36. The maximum absolute atomic E-state index is 15.0. The van der Waals surface area contributed by atoms with Gasteiger partial charge in [0.25, 0.3) is 0 Å². The maximum Gasteiger partial charge on any atom is 0.393 e. The molecule has 1 saturated carbocycles. The number of pyridine rings is 1. The molecule has 4 rings (SSSR count). The lowest BCUT2D eigenvalue weighted by Crippen LogP contribution is -2.39. The fraction of sp³-hybridized carbons (Fsp3) is 0.333. The number of carbonyl (C=O) groups excluding carboxylic acids is 1. The Morgan fingerprint density at radius 3 is 2.30 bits per heavy atom. The molecule has 0 unspecified atom stereocenters. The number of benzene rings is 2. The van der Waals surface area contributed by atoms with Gasteiger partial charge in [-0.25, -0.2) is 9.37 Å². The molecule has 1 aromatic heterocycles. The van der Waals surface area contributed by atoms with Gasteiger partial charge in [-0.3, -0.25) is 9.69 Å². The van der Waals surface area contributed by atoms with E-state index in [1.165, 1.54) is 29.3 Å². The maximum atomic E-state index is 15.0. The second kappa shape index (κ2) is 14.8. The molecule has 0 spiro atoms. The van der Waals surface area contributed by atoms with E-state index in [-0.39, 0.29) is 33.8 Å². The molecule has 0 atom stereocenters. The van der Waals surface area contributed by atoms with Gasteiger partial charge in [0.15, 0.2) is 0 Å². The fourth-order valence-electron chi connectivity index (χ4n) is 5.15. The van der Waals surface area contributed by atoms with Gasteiger partial charge in [-0.15, -0.1) is 0 Å². The fourth-order valence-corrected chi connectivity index (χ4v) is 5.15. The molecule has 1 aliphatic carbocycles. The van der Waals surface area contributed by atoms with Gasteiger partial charge in [-0.1, -0.05) is 49.4 Å². The van der Waals surface area contributed by atoms with Crippen LogP contribution < -0.4 is 10.5 Å². The van der Waals surface area contributed by atoms with Crippen LogP contribution in [-0.2, 0) is 4.79 Å². The zero-order valence-electron chi connectivity index (χ0n) is 26.6. The summed E-state index contributed by atoms with van der Waals surface area (Å²) in [5, 5.41) is 0. The van der Waals surface area contributed by atoms with Gasteiger partial charge in [-0.2, -0.15) is 13.2 Å². The van der Waals surface area contributed by atoms with Crippen LogP contribution in [0, 0.1) is 0 Å². The molecule has 2 N–H and O–H groups in total. The number of hydrogen-bond acceptors (Lipinski definition) is 5. The third-order valence-corrected chi connectivity index (χ3v) is 8.01. The number of alkyl halides is 3. The number of allylic oxidation sites excluding steroid dienone is 2. The molecule has 10 heteroatoms. The average Bonchev–Trinajstić information content (AvgIpc) is 3.82. The van der Waals surface area contributed by atoms with E-state index in [2.05, 4.69) is 9.88 Å². The summed E-state index contributed by atoms with van der Waals surface area (Å²) in [5.74, 6) is -0.303. The number of nitrogen functional groups attached to an aromatic ring is 1. The molecule has 6 nitrogen and oxygen atoms in total. The van der Waals surface area contributed by atoms with E-state index >= 15 is 4.39 Å². The lowest BCUT2D eigenvalue weighted by molar-refractivity contribution is -0.124. The van der Waals surface area contributed by atoms with Gasteiger partial charge in [0.1, 0.15) is 12.4 Å². The van der Waals surface area contributed by atoms with Crippen molar-refractivity contribution in [3.63, 3.8) is 0 Å². The summed E-state index contributed by atoms with van der Waals surface area (Å²) in [6.07, 6.45) is 2.77. The zero-order chi connectivity index (χ0) is 33.5. The van der Waals surface area contributed by atoms with Crippen LogP contribution in [0.15, 0.2) is 85.1 Å². The Morgan fingerprint density at radius 2 is 1.72 bits per heavy atom. The van der Waals surface area contributed by atoms with Crippen LogP contribution in [0.2, 0.25) is 0 Å². The molecule has 2 aromatic carbocycles. The number of likely N-dealkylation sites (N-methyl/N-ethyl adjacent to an activating group) is 2. The minimum atomic E-state index is -4.52. The summed E-state index contributed by atoms with van der Waals surface area (Å²) < 4.78 is 63.3. The van der Waals surface area contributed by atoms with Crippen LogP contribution in [0.1, 0.15) is 54.9 Å². The van der Waals surface area contributed by atoms with Crippen molar-refractivity contribution in [1.29, 1.82) is 0 Å². The molecule has 0 aliphatic heterocycles. The number of hydrogen-bond donors (Lipinski definition) is 1. The van der Waals surface area contributed by atoms with Gasteiger partial charge in [-0.05, 0) is 72.9 Å². The third-order valence-electron chi connectivity index (χ3n) is 8.01. The topological polar surface area (TPSA) is 71.7 Å². The molecule has 0 bridgehead atoms. The van der Waals surface area contributed by atoms with Crippen LogP contribution in [-0.4, -0.2) is 66.7 Å². The van der Waals surface area contributed by atoms with Crippen molar-refractivity contribution in [2.24, 2.45) is 0 Å². The summed E-state index contributed by atoms with van der Waals surface area (Å²) in [4.78, 5) is 20.0. The highest BCUT2D eigenvalue weighted by atomic mass is 19.4. The molecular weight excluding hydrogens is 596 g/mol. The number of nitrogens with two attached hydrogens (primary N) is 1. The molecule has 244 valence electrons. The van der Waals surface area contributed by atoms with Crippen LogP contribution in [0.25, 0.3) is 17.0 Å². The predicted octanol–water partition coefficient (Wildman–Crippen LogP) is 7.78. The Kier molecular flexibility index (Phi) is 11.1. The van der Waals surface area contributed by atoms with Gasteiger partial charge in [0.05, 0.1) is 12.0 Å². The van der Waals surface area contributed by atoms with E-state index < -0.39 is 18.4 Å². The Bertz CT molecular complexity index is 1590. The van der Waals surface area contributed by atoms with Crippen LogP contribution in [0.3, 0.4) is 0 Å². The van der Waals surface area contributed by atoms with Crippen LogP contribution in [0.4, 0.5) is 23.2 Å². The second-order valence-corrected chi connectivity index (χ2v) is 11.7. The Labute approximate surface area is 267 Å². The Balaban J connectivity index is 1.68. The van der Waals surface area contributed by atoms with E-state index in [0.717, 1.165) is 12.8 Å². The number of aromatic nitrogens is 1. The van der Waals surface area contributed by atoms with E-state index in [0.29, 0.717) is 42.1 Å². The zero-order valence-corrected chi connectivity index (χ0v) is 26.6. The minimum absolute atomic E-state index is 0.0264. The van der Waals surface area contributed by atoms with Gasteiger partial charge >= 0.3 is 6.18 Å². The first-order valence-electron chi connectivity index (χ1n) is 15.1. The molecular formula is C36H40F4N4O2. The van der Waals surface area contributed by atoms with Crippen molar-refractivity contribution in [2.45, 2.75) is 44.3 Å². The normalized spacial score (nSPS) is 15.2. The summed E-state index contributed by atoms with van der Waals surface area (Å²) in [6.45, 7) is 2.72. The standard InChI is InChI=1S/C36H40F4N4O2/c1-5-10-30(37)28-21-26(14-16-31(28)41)34(29(22-36(38,39)40)25-11-7-6-8-12-25)27-15-17-32(42-23-27)46-24-35(18-19-35)44(4)20-9-13-33(45)43(2)3/h6-17,21,23H,5,18-20,22,24,41H2,1-4H3/b13-9+,30-10-,34-29-. The van der Waals surface area contributed by atoms with Crippen molar-refractivity contribution in [1.82, 2.24) is 14.8 Å². The first-order chi connectivity index (χ1) is 21.8. The Hall–Kier alpha value is -4.44. The third kappa shape index (κ3) is 8.84. The lowest BCUT2D eigenvalue weighted by atomic mass is 9.87. The molecule has 1 amide bonds. The van der Waals surface area contributed by atoms with Gasteiger partial charge in [0.2, 0.25) is 11.8 Å². The van der Waals surface area contributed by atoms with Crippen LogP contribution in [0.5, 0.6) is 5.88 Å². The smallest absolute Gasteiger partial charge is 0.393 e. The summed E-state index contributed by atoms with van der Waals surface area (Å²) in [6, 6.07) is 16.2. The molecule has 0 radical (unpaired) electrons. The number of nitrogens with zero attached hydrogens (tertiary/aromatic N) is 3. The monoisotopic (exact) mass is 636 g/mol. The number of halogens is 4. The average molecular weight is 637 g/mol. The van der Waals surface area contributed by atoms with E-state index in [4.69, 9.17) is 10.5 Å². The number of rotatable bonds is 13. The number of carbonyl (C=O) groups is 1. The highest BCUT2D eigenvalue weighted by Gasteiger charge is 2.47. The predicted molar refractivity (Wildman–Crippen MR) is 175 cm³/mol. The van der Waals surface area contributed by atoms with E-state index in [1.54, 1.807) is 75.6 Å². The molecule has 46 heavy (non-hydrogen) atoms. The number of ether oxygens (including phenoxy) is 1. The molecule has 1 fully saturated rings. The molecule has 1 aliphatic rings. The number of anilines is 1. The van der Waals surface area contributed by atoms with Crippen LogP contribution >= 0.6 is 0 Å². The minimum Gasteiger partial charge on any atom is -0.476 e. The quantitative estimate of drug-likeness (QED) is 0.0898. The van der Waals surface area contributed by atoms with Crippen molar-refractivity contribution in [3.05, 3.63) is 107 Å². The molecule has 1 heterocycles. The second-order valence-electron chi connectivity index (χ2n) is 11.7. The summed E-state index contributed by atoms with van der Waals surface area (Å²) >= 11 is 0. The van der Waals surface area contributed by atoms with E-state index in [9.17, 15) is 18.0 Å². The van der Waals surface area contributed by atoms with Crippen molar-refractivity contribution in [3.8, 4) is 5.88 Å². The van der Waals surface area contributed by atoms with Crippen molar-refractivity contribution in [2.75, 3.05) is 40.0 Å². The SMILES string of the molecule is CC/C=C(\F)c1cc(/C(=C(\CC(F)(F)F)c2ccccc2)c2ccc(OCC3(N(C)C/C=C/C(=O)N(C)C)CC3)nc2)ccc1N. The first kappa shape index (κ1) is 34.4. The number of amides is 1. The lowest BCUT2D eigenvalue weighted by Gasteiger charge is -2.26. The highest BCUT2D eigenvalue weighted by molar-refractivity contribution is 5.99. The van der Waals surface area contributed by atoms with Gasteiger partial charge < -0.3 is 15.4 Å². The summed E-state index contributed by atoms with van der Waals surface area (Å²) in [5.41, 5.74) is 7.67. The highest BCUT2D eigenvalue weighted by Crippen LogP contribution is 2.42. The Morgan fingerprint density at radius 1 is 1.02 bits per heavy atom. The first-order valence-corrected chi connectivity index (χ1v) is 15.1.